The molecule has 0 radical (unpaired) electrons. The average Bonchev–Trinajstić information content (AvgIpc) is 3.30. The molecule has 9 nitrogen and oxygen atoms in total. The fourth-order valence-corrected chi connectivity index (χ4v) is 4.33. The normalized spacial score (nSPS) is 11.1. The number of ether oxygens (including phenoxy) is 3. The van der Waals surface area contributed by atoms with Gasteiger partial charge in [-0.15, -0.1) is 0 Å². The van der Waals surface area contributed by atoms with Crippen LogP contribution < -0.4 is 14.9 Å². The molecule has 188 valence electrons. The first-order valence-corrected chi connectivity index (χ1v) is 11.2. The Kier molecular flexibility index (Phi) is 5.96. The summed E-state index contributed by atoms with van der Waals surface area (Å²) in [6.07, 6.45) is -0.272. The number of hydrogen-bond acceptors (Lipinski definition) is 9. The molecule has 0 unspecified atom stereocenters. The smallest absolute Gasteiger partial charge is 0.310 e. The Labute approximate surface area is 210 Å². The molecule has 9 heteroatoms. The Bertz CT molecular complexity index is 1710. The molecule has 0 fully saturated rings. The van der Waals surface area contributed by atoms with Gasteiger partial charge in [0.2, 0.25) is 5.75 Å². The number of methoxy groups -OCH3 is 3. The standard InChI is InChI=1S/C28H22O9/c1-33-18-10-9-15(11-20(18)34-2)26-16(12-21(30)35-3)22-27-23(24(31)25(32)28(22)37-26)17(29)13-19(36-27)14-7-5-4-6-8-14/h4-11,13,31-32H,12H2,1-3H3. The summed E-state index contributed by atoms with van der Waals surface area (Å²) >= 11 is 0. The molecule has 0 aliphatic carbocycles. The lowest BCUT2D eigenvalue weighted by molar-refractivity contribution is -0.139. The molecule has 0 bridgehead atoms. The van der Waals surface area contributed by atoms with Gasteiger partial charge in [-0.1, -0.05) is 30.3 Å². The van der Waals surface area contributed by atoms with Crippen LogP contribution in [0.2, 0.25) is 0 Å². The molecular formula is C28H22O9. The number of esters is 1. The van der Waals surface area contributed by atoms with Crippen molar-refractivity contribution in [3.05, 3.63) is 70.4 Å². The second kappa shape index (κ2) is 9.27. The summed E-state index contributed by atoms with van der Waals surface area (Å²) in [6.45, 7) is 0. The van der Waals surface area contributed by atoms with Crippen molar-refractivity contribution >= 4 is 27.9 Å². The third-order valence-corrected chi connectivity index (χ3v) is 6.11. The number of hydrogen-bond donors (Lipinski definition) is 2. The van der Waals surface area contributed by atoms with Crippen molar-refractivity contribution < 1.29 is 38.1 Å². The molecule has 2 N–H and O–H groups in total. The number of carbonyl (C=O) groups is 1. The van der Waals surface area contributed by atoms with E-state index in [-0.39, 0.29) is 39.9 Å². The highest BCUT2D eigenvalue weighted by Crippen LogP contribution is 2.48. The number of furan rings is 1. The quantitative estimate of drug-likeness (QED) is 0.243. The number of aromatic hydroxyl groups is 2. The summed E-state index contributed by atoms with van der Waals surface area (Å²) in [5.74, 6) is -0.626. The largest absolute Gasteiger partial charge is 0.504 e. The van der Waals surface area contributed by atoms with Gasteiger partial charge in [-0.3, -0.25) is 9.59 Å². The summed E-state index contributed by atoms with van der Waals surface area (Å²) in [5.41, 5.74) is 0.644. The van der Waals surface area contributed by atoms with Crippen LogP contribution in [0.15, 0.2) is 68.2 Å². The number of rotatable bonds is 6. The van der Waals surface area contributed by atoms with Crippen molar-refractivity contribution in [2.24, 2.45) is 0 Å². The predicted molar refractivity (Wildman–Crippen MR) is 135 cm³/mol. The molecule has 5 rings (SSSR count). The Hall–Kier alpha value is -4.92. The maximum Gasteiger partial charge on any atom is 0.310 e. The highest BCUT2D eigenvalue weighted by molar-refractivity contribution is 6.13. The van der Waals surface area contributed by atoms with Crippen LogP contribution in [0.1, 0.15) is 5.56 Å². The van der Waals surface area contributed by atoms with Crippen LogP contribution in [-0.4, -0.2) is 37.5 Å². The summed E-state index contributed by atoms with van der Waals surface area (Å²) in [4.78, 5) is 25.6. The monoisotopic (exact) mass is 502 g/mol. The van der Waals surface area contributed by atoms with Gasteiger partial charge in [-0.25, -0.2) is 0 Å². The van der Waals surface area contributed by atoms with E-state index >= 15 is 0 Å². The summed E-state index contributed by atoms with van der Waals surface area (Å²) < 4.78 is 27.8. The van der Waals surface area contributed by atoms with Gasteiger partial charge in [0.25, 0.3) is 0 Å². The molecule has 2 heterocycles. The van der Waals surface area contributed by atoms with Crippen molar-refractivity contribution in [2.75, 3.05) is 21.3 Å². The van der Waals surface area contributed by atoms with Crippen molar-refractivity contribution in [1.29, 1.82) is 0 Å². The van der Waals surface area contributed by atoms with Gasteiger partial charge in [-0.2, -0.15) is 0 Å². The van der Waals surface area contributed by atoms with Crippen LogP contribution in [0.25, 0.3) is 44.6 Å². The van der Waals surface area contributed by atoms with Gasteiger partial charge in [-0.05, 0) is 18.2 Å². The molecule has 3 aromatic carbocycles. The number of benzene rings is 3. The van der Waals surface area contributed by atoms with Crippen molar-refractivity contribution in [3.8, 4) is 45.6 Å². The zero-order valence-corrected chi connectivity index (χ0v) is 20.2. The molecule has 0 saturated heterocycles. The van der Waals surface area contributed by atoms with Gasteiger partial charge in [0.1, 0.15) is 16.9 Å². The van der Waals surface area contributed by atoms with Gasteiger partial charge >= 0.3 is 5.97 Å². The number of fused-ring (bicyclic) bond motifs is 3. The molecule has 0 atom stereocenters. The molecule has 0 spiro atoms. The summed E-state index contributed by atoms with van der Waals surface area (Å²) in [7, 11) is 4.23. The maximum atomic E-state index is 13.1. The second-order valence-corrected chi connectivity index (χ2v) is 8.18. The molecule has 0 amide bonds. The molecular weight excluding hydrogens is 480 g/mol. The molecule has 0 aliphatic heterocycles. The Morgan fingerprint density at radius 1 is 0.811 bits per heavy atom. The van der Waals surface area contributed by atoms with E-state index in [0.29, 0.717) is 28.2 Å². The lowest BCUT2D eigenvalue weighted by Crippen LogP contribution is -2.06. The molecule has 2 aromatic heterocycles. The minimum Gasteiger partial charge on any atom is -0.504 e. The molecule has 37 heavy (non-hydrogen) atoms. The Balaban J connectivity index is 1.91. The predicted octanol–water partition coefficient (Wildman–Crippen LogP) is 5.02. The van der Waals surface area contributed by atoms with Crippen LogP contribution in [0.5, 0.6) is 23.0 Å². The highest BCUT2D eigenvalue weighted by Gasteiger charge is 2.29. The van der Waals surface area contributed by atoms with Gasteiger partial charge in [0, 0.05) is 22.8 Å². The van der Waals surface area contributed by atoms with Crippen molar-refractivity contribution in [2.45, 2.75) is 6.42 Å². The number of phenols is 2. The fourth-order valence-electron chi connectivity index (χ4n) is 4.33. The zero-order valence-electron chi connectivity index (χ0n) is 20.2. The van der Waals surface area contributed by atoms with Crippen LogP contribution >= 0.6 is 0 Å². The van der Waals surface area contributed by atoms with Crippen molar-refractivity contribution in [1.82, 2.24) is 0 Å². The summed E-state index contributed by atoms with van der Waals surface area (Å²) in [6, 6.07) is 15.2. The Morgan fingerprint density at radius 2 is 1.54 bits per heavy atom. The van der Waals surface area contributed by atoms with Crippen LogP contribution in [-0.2, 0) is 16.0 Å². The Morgan fingerprint density at radius 3 is 2.22 bits per heavy atom. The average molecular weight is 502 g/mol. The van der Waals surface area contributed by atoms with Gasteiger partial charge < -0.3 is 33.3 Å². The lowest BCUT2D eigenvalue weighted by Gasteiger charge is -2.10. The van der Waals surface area contributed by atoms with E-state index in [0.717, 1.165) is 0 Å². The first kappa shape index (κ1) is 23.8. The first-order valence-electron chi connectivity index (χ1n) is 11.2. The fraction of sp³-hybridized carbons (Fsp3) is 0.143. The number of carbonyl (C=O) groups excluding carboxylic acids is 1. The van der Waals surface area contributed by atoms with E-state index in [2.05, 4.69) is 0 Å². The topological polar surface area (TPSA) is 129 Å². The third kappa shape index (κ3) is 3.90. The zero-order chi connectivity index (χ0) is 26.3. The van der Waals surface area contributed by atoms with E-state index in [1.807, 2.05) is 6.07 Å². The second-order valence-electron chi connectivity index (χ2n) is 8.18. The van der Waals surface area contributed by atoms with Crippen LogP contribution in [0, 0.1) is 0 Å². The minimum absolute atomic E-state index is 0.0361. The van der Waals surface area contributed by atoms with E-state index in [4.69, 9.17) is 23.0 Å². The van der Waals surface area contributed by atoms with Crippen molar-refractivity contribution in [3.63, 3.8) is 0 Å². The molecule has 0 saturated carbocycles. The molecule has 0 aliphatic rings. The van der Waals surface area contributed by atoms with Gasteiger partial charge in [0.15, 0.2) is 33.8 Å². The summed E-state index contributed by atoms with van der Waals surface area (Å²) in [5, 5.41) is 21.5. The van der Waals surface area contributed by atoms with E-state index in [1.54, 1.807) is 42.5 Å². The maximum absolute atomic E-state index is 13.1. The highest BCUT2D eigenvalue weighted by atomic mass is 16.5. The van der Waals surface area contributed by atoms with E-state index < -0.39 is 22.9 Å². The van der Waals surface area contributed by atoms with Crippen LogP contribution in [0.3, 0.4) is 0 Å². The first-order chi connectivity index (χ1) is 17.9. The van der Waals surface area contributed by atoms with Gasteiger partial charge in [0.05, 0.1) is 33.1 Å². The molecule has 5 aromatic rings. The minimum atomic E-state index is -0.687. The third-order valence-electron chi connectivity index (χ3n) is 6.11. The van der Waals surface area contributed by atoms with Crippen LogP contribution in [0.4, 0.5) is 0 Å². The van der Waals surface area contributed by atoms with E-state index in [9.17, 15) is 19.8 Å². The number of phenolic OH excluding ortho intramolecular Hbond substituents is 2. The SMILES string of the molecule is COC(=O)Cc1c(-c2ccc(OC)c(OC)c2)oc2c(O)c(O)c3c(=O)cc(-c4ccccc4)oc3c12. The van der Waals surface area contributed by atoms with E-state index in [1.165, 1.54) is 27.4 Å². The lowest BCUT2D eigenvalue weighted by atomic mass is 10.00.